The Bertz CT molecular complexity index is 349. The van der Waals surface area contributed by atoms with Gasteiger partial charge in [-0.3, -0.25) is 0 Å². The molecule has 0 unspecified atom stereocenters. The van der Waals surface area contributed by atoms with Crippen molar-refractivity contribution in [1.82, 2.24) is 5.32 Å². The molecule has 0 radical (unpaired) electrons. The van der Waals surface area contributed by atoms with Crippen LogP contribution in [0.5, 0.6) is 5.75 Å². The molecule has 0 aromatic heterocycles. The first-order chi connectivity index (χ1) is 7.38. The highest BCUT2D eigenvalue weighted by Crippen LogP contribution is 2.17. The molecule has 1 N–H and O–H groups in total. The average Bonchev–Trinajstić information content (AvgIpc) is 2.27. The Morgan fingerprint density at radius 1 is 1.33 bits per heavy atom. The van der Waals surface area contributed by atoms with Crippen molar-refractivity contribution in [3.63, 3.8) is 0 Å². The maximum absolute atomic E-state index is 5.52. The second-order valence-corrected chi connectivity index (χ2v) is 3.07. The number of hydrogen-bond acceptors (Lipinski definition) is 2. The molecule has 0 aliphatic heterocycles. The zero-order valence-corrected chi connectivity index (χ0v) is 9.34. The van der Waals surface area contributed by atoms with Gasteiger partial charge < -0.3 is 10.1 Å². The first-order valence-corrected chi connectivity index (χ1v) is 5.19. The van der Waals surface area contributed by atoms with Crippen molar-refractivity contribution in [1.29, 1.82) is 0 Å². The summed E-state index contributed by atoms with van der Waals surface area (Å²) >= 11 is 0. The smallest absolute Gasteiger partial charge is 0.123 e. The molecule has 0 aliphatic carbocycles. The Morgan fingerprint density at radius 3 is 2.87 bits per heavy atom. The van der Waals surface area contributed by atoms with E-state index in [0.29, 0.717) is 6.61 Å². The quantitative estimate of drug-likeness (QED) is 0.585. The van der Waals surface area contributed by atoms with Crippen LogP contribution in [0.4, 0.5) is 0 Å². The number of ether oxygens (including phenoxy) is 1. The Labute approximate surface area is 91.6 Å². The van der Waals surface area contributed by atoms with Gasteiger partial charge in [-0.1, -0.05) is 24.1 Å². The van der Waals surface area contributed by atoms with Gasteiger partial charge in [0, 0.05) is 12.1 Å². The Balaban J connectivity index is 2.53. The van der Waals surface area contributed by atoms with E-state index >= 15 is 0 Å². The van der Waals surface area contributed by atoms with E-state index in [1.807, 2.05) is 32.0 Å². The molecule has 0 atom stereocenters. The van der Waals surface area contributed by atoms with Gasteiger partial charge >= 0.3 is 0 Å². The average molecular weight is 203 g/mol. The van der Waals surface area contributed by atoms with Gasteiger partial charge in [0.05, 0.1) is 13.2 Å². The molecule has 2 nitrogen and oxygen atoms in total. The lowest BCUT2D eigenvalue weighted by Gasteiger charge is -2.09. The van der Waals surface area contributed by atoms with E-state index in [-0.39, 0.29) is 0 Å². The Kier molecular flexibility index (Phi) is 5.35. The molecule has 0 spiro atoms. The van der Waals surface area contributed by atoms with Crippen molar-refractivity contribution in [3.05, 3.63) is 29.8 Å². The minimum absolute atomic E-state index is 0.700. The molecule has 80 valence electrons. The third-order valence-electron chi connectivity index (χ3n) is 1.98. The van der Waals surface area contributed by atoms with Crippen LogP contribution >= 0.6 is 0 Å². The van der Waals surface area contributed by atoms with E-state index < -0.39 is 0 Å². The topological polar surface area (TPSA) is 21.3 Å². The number of para-hydroxylation sites is 1. The second-order valence-electron chi connectivity index (χ2n) is 3.07. The van der Waals surface area contributed by atoms with Crippen LogP contribution in [0.25, 0.3) is 0 Å². The fraction of sp³-hybridized carbons (Fsp3) is 0.385. The van der Waals surface area contributed by atoms with Gasteiger partial charge in [-0.15, -0.1) is 5.92 Å². The van der Waals surface area contributed by atoms with Gasteiger partial charge in [0.25, 0.3) is 0 Å². The number of benzene rings is 1. The predicted octanol–water partition coefficient (Wildman–Crippen LogP) is 2.20. The van der Waals surface area contributed by atoms with E-state index in [4.69, 9.17) is 4.74 Å². The van der Waals surface area contributed by atoms with E-state index in [0.717, 1.165) is 18.8 Å². The highest BCUT2D eigenvalue weighted by Gasteiger charge is 2.00. The lowest BCUT2D eigenvalue weighted by Crippen LogP contribution is -2.14. The van der Waals surface area contributed by atoms with Crippen LogP contribution in [-0.2, 0) is 6.54 Å². The second kappa shape index (κ2) is 6.92. The monoisotopic (exact) mass is 203 g/mol. The molecule has 0 amide bonds. The van der Waals surface area contributed by atoms with Gasteiger partial charge in [0.2, 0.25) is 0 Å². The predicted molar refractivity (Wildman–Crippen MR) is 62.8 cm³/mol. The number of nitrogens with one attached hydrogen (secondary N) is 1. The zero-order chi connectivity index (χ0) is 10.9. The highest BCUT2D eigenvalue weighted by atomic mass is 16.5. The van der Waals surface area contributed by atoms with Gasteiger partial charge in [0.1, 0.15) is 5.75 Å². The maximum atomic E-state index is 5.52. The largest absolute Gasteiger partial charge is 0.494 e. The molecule has 0 saturated carbocycles. The summed E-state index contributed by atoms with van der Waals surface area (Å²) in [6.45, 7) is 6.05. The molecule has 1 aromatic carbocycles. The van der Waals surface area contributed by atoms with Gasteiger partial charge in [0.15, 0.2) is 0 Å². The fourth-order valence-corrected chi connectivity index (χ4v) is 1.29. The summed E-state index contributed by atoms with van der Waals surface area (Å²) in [6, 6.07) is 8.06. The van der Waals surface area contributed by atoms with Crippen molar-refractivity contribution in [2.45, 2.75) is 20.4 Å². The van der Waals surface area contributed by atoms with Gasteiger partial charge in [-0.05, 0) is 19.9 Å². The van der Waals surface area contributed by atoms with E-state index in [1.165, 1.54) is 5.56 Å². The van der Waals surface area contributed by atoms with Gasteiger partial charge in [-0.25, -0.2) is 0 Å². The summed E-state index contributed by atoms with van der Waals surface area (Å²) in [7, 11) is 0. The van der Waals surface area contributed by atoms with Crippen LogP contribution in [0.15, 0.2) is 24.3 Å². The molecule has 15 heavy (non-hydrogen) atoms. The Hall–Kier alpha value is -1.46. The van der Waals surface area contributed by atoms with E-state index in [2.05, 4.69) is 23.2 Å². The van der Waals surface area contributed by atoms with Crippen molar-refractivity contribution < 1.29 is 4.74 Å². The highest BCUT2D eigenvalue weighted by molar-refractivity contribution is 5.33. The minimum Gasteiger partial charge on any atom is -0.494 e. The van der Waals surface area contributed by atoms with Crippen molar-refractivity contribution in [2.24, 2.45) is 0 Å². The van der Waals surface area contributed by atoms with Crippen LogP contribution in [0.3, 0.4) is 0 Å². The third kappa shape index (κ3) is 4.05. The number of rotatable bonds is 5. The minimum atomic E-state index is 0.700. The summed E-state index contributed by atoms with van der Waals surface area (Å²) in [5, 5.41) is 3.25. The normalized spacial score (nSPS) is 9.20. The van der Waals surface area contributed by atoms with Crippen molar-refractivity contribution >= 4 is 0 Å². The van der Waals surface area contributed by atoms with Gasteiger partial charge in [-0.2, -0.15) is 0 Å². The van der Waals surface area contributed by atoms with Crippen LogP contribution < -0.4 is 10.1 Å². The first-order valence-electron chi connectivity index (χ1n) is 5.19. The fourth-order valence-electron chi connectivity index (χ4n) is 1.29. The zero-order valence-electron chi connectivity index (χ0n) is 9.34. The molecule has 1 aromatic rings. The van der Waals surface area contributed by atoms with Crippen molar-refractivity contribution in [3.8, 4) is 17.6 Å². The number of hydrogen-bond donors (Lipinski definition) is 1. The summed E-state index contributed by atoms with van der Waals surface area (Å²) in [4.78, 5) is 0. The first kappa shape index (κ1) is 11.6. The van der Waals surface area contributed by atoms with Crippen LogP contribution in [0.1, 0.15) is 19.4 Å². The third-order valence-corrected chi connectivity index (χ3v) is 1.98. The summed E-state index contributed by atoms with van der Waals surface area (Å²) < 4.78 is 5.52. The summed E-state index contributed by atoms with van der Waals surface area (Å²) in [6.07, 6.45) is 0. The summed E-state index contributed by atoms with van der Waals surface area (Å²) in [5.74, 6) is 6.77. The van der Waals surface area contributed by atoms with Crippen molar-refractivity contribution in [2.75, 3.05) is 13.2 Å². The SMILES string of the molecule is CC#CCNCc1ccccc1OCC. The molecular weight excluding hydrogens is 186 g/mol. The Morgan fingerprint density at radius 2 is 2.13 bits per heavy atom. The lowest BCUT2D eigenvalue weighted by molar-refractivity contribution is 0.335. The molecule has 0 saturated heterocycles. The molecule has 2 heteroatoms. The van der Waals surface area contributed by atoms with Crippen LogP contribution in [-0.4, -0.2) is 13.2 Å². The molecule has 0 fully saturated rings. The molecular formula is C13H17NO. The summed E-state index contributed by atoms with van der Waals surface area (Å²) in [5.41, 5.74) is 1.18. The van der Waals surface area contributed by atoms with Crippen LogP contribution in [0, 0.1) is 11.8 Å². The lowest BCUT2D eigenvalue weighted by atomic mass is 10.2. The molecule has 0 heterocycles. The van der Waals surface area contributed by atoms with E-state index in [1.54, 1.807) is 0 Å². The van der Waals surface area contributed by atoms with Crippen LogP contribution in [0.2, 0.25) is 0 Å². The standard InChI is InChI=1S/C13H17NO/c1-3-5-10-14-11-12-8-6-7-9-13(12)15-4-2/h6-9,14H,4,10-11H2,1-2H3. The maximum Gasteiger partial charge on any atom is 0.123 e. The molecule has 0 aliphatic rings. The molecule has 1 rings (SSSR count). The molecule has 0 bridgehead atoms. The van der Waals surface area contributed by atoms with E-state index in [9.17, 15) is 0 Å².